The molecular formula is C25H23N3O4S. The van der Waals surface area contributed by atoms with E-state index in [1.807, 2.05) is 48.5 Å². The van der Waals surface area contributed by atoms with Crippen LogP contribution in [-0.4, -0.2) is 37.7 Å². The zero-order valence-electron chi connectivity index (χ0n) is 17.9. The Morgan fingerprint density at radius 3 is 2.18 bits per heavy atom. The molecule has 168 valence electrons. The summed E-state index contributed by atoms with van der Waals surface area (Å²) in [5.74, 6) is -0.496. The molecule has 0 bridgehead atoms. The van der Waals surface area contributed by atoms with Crippen molar-refractivity contribution in [1.29, 1.82) is 0 Å². The van der Waals surface area contributed by atoms with Gasteiger partial charge in [0.1, 0.15) is 6.54 Å². The molecule has 1 aromatic heterocycles. The molecule has 8 heteroatoms. The number of nitrogens with one attached hydrogen (secondary N) is 1. The monoisotopic (exact) mass is 461 g/mol. The number of nitrogens with zero attached hydrogens (tertiary/aromatic N) is 2. The van der Waals surface area contributed by atoms with E-state index >= 15 is 0 Å². The van der Waals surface area contributed by atoms with E-state index < -0.39 is 10.0 Å². The molecule has 1 N–H and O–H groups in total. The van der Waals surface area contributed by atoms with Crippen molar-refractivity contribution in [2.24, 2.45) is 0 Å². The molecule has 1 aliphatic heterocycles. The Morgan fingerprint density at radius 1 is 0.879 bits per heavy atom. The number of amides is 1. The van der Waals surface area contributed by atoms with Crippen LogP contribution >= 0.6 is 0 Å². The van der Waals surface area contributed by atoms with E-state index in [1.165, 1.54) is 4.31 Å². The first-order valence-corrected chi connectivity index (χ1v) is 12.4. The number of anilines is 1. The zero-order chi connectivity index (χ0) is 23.0. The number of pyridine rings is 1. The third-order valence-electron chi connectivity index (χ3n) is 6.04. The van der Waals surface area contributed by atoms with Gasteiger partial charge in [-0.2, -0.15) is 0 Å². The van der Waals surface area contributed by atoms with Crippen LogP contribution < -0.4 is 15.1 Å². The van der Waals surface area contributed by atoms with E-state index in [0.29, 0.717) is 34.8 Å². The second-order valence-electron chi connectivity index (χ2n) is 8.07. The van der Waals surface area contributed by atoms with Gasteiger partial charge in [0.15, 0.2) is 5.43 Å². The summed E-state index contributed by atoms with van der Waals surface area (Å²) in [6, 6.07) is 21.8. The van der Waals surface area contributed by atoms with Crippen LogP contribution in [-0.2, 0) is 27.8 Å². The Labute approximate surface area is 191 Å². The fourth-order valence-electron chi connectivity index (χ4n) is 4.47. The standard InChI is InChI=1S/C25H23N3O4S/c29-24(26-14-16-33(31,32)28-15-13-18-7-1-4-10-21(18)28)17-27-22-11-5-2-8-19(22)25(30)20-9-3-6-12-23(20)27/h1-12H,13-17H2,(H,26,29). The molecule has 33 heavy (non-hydrogen) atoms. The number of para-hydroxylation sites is 3. The summed E-state index contributed by atoms with van der Waals surface area (Å²) >= 11 is 0. The Bertz CT molecular complexity index is 1480. The van der Waals surface area contributed by atoms with Gasteiger partial charge in [0.05, 0.1) is 22.5 Å². The average Bonchev–Trinajstić information content (AvgIpc) is 3.27. The van der Waals surface area contributed by atoms with Crippen LogP contribution in [0.3, 0.4) is 0 Å². The fraction of sp³-hybridized carbons (Fsp3) is 0.200. The van der Waals surface area contributed by atoms with Crippen molar-refractivity contribution in [3.05, 3.63) is 88.6 Å². The van der Waals surface area contributed by atoms with E-state index in [2.05, 4.69) is 5.32 Å². The largest absolute Gasteiger partial charge is 0.353 e. The molecule has 0 radical (unpaired) electrons. The normalized spacial score (nSPS) is 13.4. The number of benzene rings is 3. The first kappa shape index (κ1) is 21.2. The molecule has 1 aliphatic rings. The van der Waals surface area contributed by atoms with Gasteiger partial charge in [-0.1, -0.05) is 42.5 Å². The van der Waals surface area contributed by atoms with Gasteiger partial charge in [0.2, 0.25) is 15.9 Å². The number of carbonyl (C=O) groups is 1. The van der Waals surface area contributed by atoms with Gasteiger partial charge in [-0.15, -0.1) is 0 Å². The van der Waals surface area contributed by atoms with Crippen LogP contribution in [0.5, 0.6) is 0 Å². The summed E-state index contributed by atoms with van der Waals surface area (Å²) in [7, 11) is -3.55. The quantitative estimate of drug-likeness (QED) is 0.447. The Hall–Kier alpha value is -3.65. The number of hydrogen-bond donors (Lipinski definition) is 1. The number of rotatable bonds is 6. The van der Waals surface area contributed by atoms with Crippen molar-refractivity contribution >= 4 is 43.4 Å². The lowest BCUT2D eigenvalue weighted by Gasteiger charge is -2.20. The SMILES string of the molecule is O=C(Cn1c2ccccc2c(=O)c2ccccc21)NCCS(=O)(=O)N1CCc2ccccc21. The van der Waals surface area contributed by atoms with Gasteiger partial charge in [0.25, 0.3) is 0 Å². The van der Waals surface area contributed by atoms with Crippen LogP contribution in [0.25, 0.3) is 21.8 Å². The number of aromatic nitrogens is 1. The summed E-state index contributed by atoms with van der Waals surface area (Å²) < 4.78 is 28.9. The van der Waals surface area contributed by atoms with E-state index in [1.54, 1.807) is 28.8 Å². The Kier molecular flexibility index (Phi) is 5.38. The van der Waals surface area contributed by atoms with E-state index in [9.17, 15) is 18.0 Å². The van der Waals surface area contributed by atoms with Crippen molar-refractivity contribution in [2.45, 2.75) is 13.0 Å². The second-order valence-corrected chi connectivity index (χ2v) is 10.1. The van der Waals surface area contributed by atoms with Crippen molar-refractivity contribution in [1.82, 2.24) is 9.88 Å². The predicted molar refractivity (Wildman–Crippen MR) is 130 cm³/mol. The number of carbonyl (C=O) groups excluding carboxylic acids is 1. The number of fused-ring (bicyclic) bond motifs is 3. The molecule has 0 fully saturated rings. The Balaban J connectivity index is 1.33. The summed E-state index contributed by atoms with van der Waals surface area (Å²) in [5.41, 5.74) is 2.99. The van der Waals surface area contributed by atoms with Crippen molar-refractivity contribution in [3.63, 3.8) is 0 Å². The maximum absolute atomic E-state index is 12.9. The van der Waals surface area contributed by atoms with E-state index in [0.717, 1.165) is 11.3 Å². The molecule has 0 saturated heterocycles. The lowest BCUT2D eigenvalue weighted by Crippen LogP contribution is -2.38. The summed E-state index contributed by atoms with van der Waals surface area (Å²) in [6.45, 7) is 0.412. The molecule has 1 amide bonds. The van der Waals surface area contributed by atoms with Gasteiger partial charge in [0, 0.05) is 23.9 Å². The third-order valence-corrected chi connectivity index (χ3v) is 7.81. The molecule has 7 nitrogen and oxygen atoms in total. The molecule has 5 rings (SSSR count). The van der Waals surface area contributed by atoms with Gasteiger partial charge in [-0.3, -0.25) is 13.9 Å². The highest BCUT2D eigenvalue weighted by Gasteiger charge is 2.28. The van der Waals surface area contributed by atoms with E-state index in [4.69, 9.17) is 0 Å². The summed E-state index contributed by atoms with van der Waals surface area (Å²) in [6.07, 6.45) is 0.689. The summed E-state index contributed by atoms with van der Waals surface area (Å²) in [4.78, 5) is 25.6. The Morgan fingerprint density at radius 2 is 1.48 bits per heavy atom. The van der Waals surface area contributed by atoms with Gasteiger partial charge in [-0.05, 0) is 42.3 Å². The number of sulfonamides is 1. The first-order chi connectivity index (χ1) is 16.0. The minimum absolute atomic E-state index is 0.00982. The maximum atomic E-state index is 12.9. The van der Waals surface area contributed by atoms with Gasteiger partial charge >= 0.3 is 0 Å². The van der Waals surface area contributed by atoms with Crippen LogP contribution in [0.15, 0.2) is 77.6 Å². The lowest BCUT2D eigenvalue weighted by atomic mass is 10.1. The van der Waals surface area contributed by atoms with Crippen LogP contribution in [0.2, 0.25) is 0 Å². The predicted octanol–water partition coefficient (Wildman–Crippen LogP) is 2.66. The molecule has 4 aromatic rings. The molecular weight excluding hydrogens is 438 g/mol. The first-order valence-electron chi connectivity index (χ1n) is 10.8. The van der Waals surface area contributed by atoms with Crippen molar-refractivity contribution < 1.29 is 13.2 Å². The van der Waals surface area contributed by atoms with Gasteiger partial charge < -0.3 is 9.88 Å². The van der Waals surface area contributed by atoms with Crippen molar-refractivity contribution in [2.75, 3.05) is 23.1 Å². The van der Waals surface area contributed by atoms with Gasteiger partial charge in [-0.25, -0.2) is 8.42 Å². The fourth-order valence-corrected chi connectivity index (χ4v) is 5.90. The minimum atomic E-state index is -3.55. The molecule has 0 saturated carbocycles. The lowest BCUT2D eigenvalue weighted by molar-refractivity contribution is -0.121. The summed E-state index contributed by atoms with van der Waals surface area (Å²) in [5, 5.41) is 3.82. The smallest absolute Gasteiger partial charge is 0.239 e. The van der Waals surface area contributed by atoms with E-state index in [-0.39, 0.29) is 30.2 Å². The molecule has 2 heterocycles. The molecule has 0 atom stereocenters. The molecule has 0 aliphatic carbocycles. The highest BCUT2D eigenvalue weighted by Crippen LogP contribution is 2.29. The molecule has 0 spiro atoms. The highest BCUT2D eigenvalue weighted by atomic mass is 32.2. The minimum Gasteiger partial charge on any atom is -0.353 e. The van der Waals surface area contributed by atoms with Crippen LogP contribution in [0.4, 0.5) is 5.69 Å². The molecule has 3 aromatic carbocycles. The molecule has 0 unspecified atom stereocenters. The maximum Gasteiger partial charge on any atom is 0.239 e. The van der Waals surface area contributed by atoms with Crippen LogP contribution in [0, 0.1) is 0 Å². The third kappa shape index (κ3) is 3.87. The van der Waals surface area contributed by atoms with Crippen molar-refractivity contribution in [3.8, 4) is 0 Å². The zero-order valence-corrected chi connectivity index (χ0v) is 18.7. The average molecular weight is 462 g/mol. The van der Waals surface area contributed by atoms with Crippen LogP contribution in [0.1, 0.15) is 5.56 Å². The second kappa shape index (κ2) is 8.37. The number of hydrogen-bond acceptors (Lipinski definition) is 4. The topological polar surface area (TPSA) is 88.5 Å². The highest BCUT2D eigenvalue weighted by molar-refractivity contribution is 7.92.